The van der Waals surface area contributed by atoms with E-state index >= 15 is 0 Å². The summed E-state index contributed by atoms with van der Waals surface area (Å²) in [4.78, 5) is 21.1. The zero-order chi connectivity index (χ0) is 15.9. The molecule has 1 aromatic heterocycles. The third-order valence-corrected chi connectivity index (χ3v) is 3.95. The van der Waals surface area contributed by atoms with E-state index in [4.69, 9.17) is 0 Å². The smallest absolute Gasteiger partial charge is 0.270 e. The maximum absolute atomic E-state index is 12.4. The monoisotopic (exact) mass is 304 g/mol. The molecule has 1 amide bonds. The van der Waals surface area contributed by atoms with Crippen LogP contribution < -0.4 is 10.6 Å². The summed E-state index contributed by atoms with van der Waals surface area (Å²) in [5, 5.41) is 6.40. The van der Waals surface area contributed by atoms with Crippen LogP contribution in [-0.2, 0) is 0 Å². The van der Waals surface area contributed by atoms with Gasteiger partial charge in [-0.25, -0.2) is 9.97 Å². The van der Waals surface area contributed by atoms with Crippen LogP contribution in [0.2, 0.25) is 0 Å². The van der Waals surface area contributed by atoms with Crippen LogP contribution in [0.15, 0.2) is 6.07 Å². The lowest BCUT2D eigenvalue weighted by atomic mass is 10.1. The third-order valence-electron chi connectivity index (χ3n) is 3.95. The fourth-order valence-electron chi connectivity index (χ4n) is 2.77. The normalized spacial score (nSPS) is 16.4. The van der Waals surface area contributed by atoms with E-state index in [1.54, 1.807) is 6.07 Å². The molecule has 0 saturated heterocycles. The molecule has 2 rings (SSSR count). The Morgan fingerprint density at radius 1 is 1.23 bits per heavy atom. The van der Waals surface area contributed by atoms with Crippen LogP contribution in [0.3, 0.4) is 0 Å². The van der Waals surface area contributed by atoms with Crippen molar-refractivity contribution in [3.05, 3.63) is 17.6 Å². The van der Waals surface area contributed by atoms with E-state index in [1.165, 1.54) is 25.7 Å². The fraction of sp³-hybridized carbons (Fsp3) is 0.706. The summed E-state index contributed by atoms with van der Waals surface area (Å²) in [6.07, 6.45) is 7.12. The van der Waals surface area contributed by atoms with Crippen molar-refractivity contribution >= 4 is 11.7 Å². The summed E-state index contributed by atoms with van der Waals surface area (Å²) in [6.45, 7) is 6.94. The van der Waals surface area contributed by atoms with Crippen molar-refractivity contribution in [2.75, 3.05) is 11.9 Å². The molecule has 1 fully saturated rings. The van der Waals surface area contributed by atoms with Gasteiger partial charge in [0.25, 0.3) is 5.91 Å². The molecule has 1 aliphatic rings. The lowest BCUT2D eigenvalue weighted by molar-refractivity contribution is 0.0928. The number of anilines is 1. The van der Waals surface area contributed by atoms with E-state index in [0.29, 0.717) is 17.4 Å². The molecule has 2 N–H and O–H groups in total. The second-order valence-corrected chi connectivity index (χ2v) is 6.62. The molecular weight excluding hydrogens is 276 g/mol. The Bertz CT molecular complexity index is 493. The number of carbonyl (C=O) groups is 1. The summed E-state index contributed by atoms with van der Waals surface area (Å²) in [5.74, 6) is 1.80. The molecule has 0 aromatic carbocycles. The van der Waals surface area contributed by atoms with Gasteiger partial charge in [0.05, 0.1) is 0 Å². The molecule has 1 aliphatic carbocycles. The van der Waals surface area contributed by atoms with Gasteiger partial charge in [-0.2, -0.15) is 0 Å². The maximum atomic E-state index is 12.4. The van der Waals surface area contributed by atoms with E-state index in [-0.39, 0.29) is 11.9 Å². The first-order valence-electron chi connectivity index (χ1n) is 8.45. The highest BCUT2D eigenvalue weighted by Crippen LogP contribution is 2.17. The van der Waals surface area contributed by atoms with Crippen LogP contribution in [0.4, 0.5) is 5.82 Å². The Kier molecular flexibility index (Phi) is 6.16. The van der Waals surface area contributed by atoms with Crippen molar-refractivity contribution in [1.82, 2.24) is 15.3 Å². The lowest BCUT2D eigenvalue weighted by Gasteiger charge is -2.16. The van der Waals surface area contributed by atoms with Crippen LogP contribution in [0.5, 0.6) is 0 Å². The Morgan fingerprint density at radius 3 is 2.55 bits per heavy atom. The van der Waals surface area contributed by atoms with E-state index in [9.17, 15) is 4.79 Å². The minimum Gasteiger partial charge on any atom is -0.370 e. The van der Waals surface area contributed by atoms with Crippen LogP contribution >= 0.6 is 0 Å². The van der Waals surface area contributed by atoms with Gasteiger partial charge in [0.1, 0.15) is 17.3 Å². The van der Waals surface area contributed by atoms with Crippen LogP contribution in [-0.4, -0.2) is 28.5 Å². The molecule has 0 unspecified atom stereocenters. The molecule has 122 valence electrons. The lowest BCUT2D eigenvalue weighted by Crippen LogP contribution is -2.35. The Balaban J connectivity index is 2.01. The maximum Gasteiger partial charge on any atom is 0.270 e. The van der Waals surface area contributed by atoms with Crippen LogP contribution in [0.1, 0.15) is 68.7 Å². The summed E-state index contributed by atoms with van der Waals surface area (Å²) in [5.41, 5.74) is 0.461. The first-order valence-corrected chi connectivity index (χ1v) is 8.45. The molecule has 0 spiro atoms. The summed E-state index contributed by atoms with van der Waals surface area (Å²) in [6, 6.07) is 2.04. The van der Waals surface area contributed by atoms with Gasteiger partial charge in [-0.05, 0) is 25.7 Å². The third kappa shape index (κ3) is 5.28. The van der Waals surface area contributed by atoms with Crippen molar-refractivity contribution in [3.8, 4) is 0 Å². The predicted octanol–water partition coefficient (Wildman–Crippen LogP) is 3.31. The van der Waals surface area contributed by atoms with E-state index in [1.807, 2.05) is 6.92 Å². The molecule has 5 nitrogen and oxygen atoms in total. The number of aryl methyl sites for hydroxylation is 1. The highest BCUT2D eigenvalue weighted by molar-refractivity contribution is 5.93. The van der Waals surface area contributed by atoms with Gasteiger partial charge < -0.3 is 10.6 Å². The zero-order valence-corrected chi connectivity index (χ0v) is 14.0. The number of nitrogens with one attached hydrogen (secondary N) is 2. The quantitative estimate of drug-likeness (QED) is 0.819. The zero-order valence-electron chi connectivity index (χ0n) is 14.0. The molecule has 0 atom stereocenters. The Morgan fingerprint density at radius 2 is 1.91 bits per heavy atom. The van der Waals surface area contributed by atoms with Gasteiger partial charge in [0.2, 0.25) is 0 Å². The molecular formula is C17H28N4O. The highest BCUT2D eigenvalue weighted by atomic mass is 16.1. The van der Waals surface area contributed by atoms with Gasteiger partial charge in [0.15, 0.2) is 0 Å². The first kappa shape index (κ1) is 16.7. The SMILES string of the molecule is Cc1nc(NCC(C)C)cc(C(=O)NC2CCCCCC2)n1. The minimum absolute atomic E-state index is 0.0787. The first-order chi connectivity index (χ1) is 10.5. The molecule has 22 heavy (non-hydrogen) atoms. The average molecular weight is 304 g/mol. The number of rotatable bonds is 5. The van der Waals surface area contributed by atoms with Crippen molar-refractivity contribution in [2.24, 2.45) is 5.92 Å². The predicted molar refractivity (Wildman–Crippen MR) is 89.1 cm³/mol. The van der Waals surface area contributed by atoms with E-state index in [0.717, 1.165) is 25.2 Å². The highest BCUT2D eigenvalue weighted by Gasteiger charge is 2.17. The molecule has 1 aromatic rings. The van der Waals surface area contributed by atoms with E-state index < -0.39 is 0 Å². The van der Waals surface area contributed by atoms with E-state index in [2.05, 4.69) is 34.4 Å². The summed E-state index contributed by atoms with van der Waals surface area (Å²) in [7, 11) is 0. The van der Waals surface area contributed by atoms with Gasteiger partial charge in [0, 0.05) is 18.7 Å². The van der Waals surface area contributed by atoms with Crippen LogP contribution in [0, 0.1) is 12.8 Å². The van der Waals surface area contributed by atoms with Gasteiger partial charge in [-0.1, -0.05) is 39.5 Å². The van der Waals surface area contributed by atoms with Crippen molar-refractivity contribution in [2.45, 2.75) is 65.3 Å². The standard InChI is InChI=1S/C17H28N4O/c1-12(2)11-18-16-10-15(19-13(3)20-16)17(22)21-14-8-6-4-5-7-9-14/h10,12,14H,4-9,11H2,1-3H3,(H,21,22)(H,18,19,20). The molecule has 0 bridgehead atoms. The summed E-state index contributed by atoms with van der Waals surface area (Å²) >= 11 is 0. The van der Waals surface area contributed by atoms with Crippen molar-refractivity contribution < 1.29 is 4.79 Å². The molecule has 1 saturated carbocycles. The molecule has 5 heteroatoms. The number of nitrogens with zero attached hydrogens (tertiary/aromatic N) is 2. The minimum atomic E-state index is -0.0787. The Hall–Kier alpha value is -1.65. The van der Waals surface area contributed by atoms with Gasteiger partial charge >= 0.3 is 0 Å². The fourth-order valence-corrected chi connectivity index (χ4v) is 2.77. The number of carbonyl (C=O) groups excluding carboxylic acids is 1. The van der Waals surface area contributed by atoms with Gasteiger partial charge in [-0.3, -0.25) is 4.79 Å². The van der Waals surface area contributed by atoms with Crippen molar-refractivity contribution in [1.29, 1.82) is 0 Å². The molecule has 1 heterocycles. The molecule has 0 aliphatic heterocycles. The average Bonchev–Trinajstić information content (AvgIpc) is 2.73. The summed E-state index contributed by atoms with van der Waals surface area (Å²) < 4.78 is 0. The number of hydrogen-bond donors (Lipinski definition) is 2. The molecule has 0 radical (unpaired) electrons. The number of aromatic nitrogens is 2. The largest absolute Gasteiger partial charge is 0.370 e. The second-order valence-electron chi connectivity index (χ2n) is 6.62. The van der Waals surface area contributed by atoms with Crippen LogP contribution in [0.25, 0.3) is 0 Å². The number of amides is 1. The topological polar surface area (TPSA) is 66.9 Å². The Labute approximate surface area is 133 Å². The van der Waals surface area contributed by atoms with Gasteiger partial charge in [-0.15, -0.1) is 0 Å². The second kappa shape index (κ2) is 8.11. The van der Waals surface area contributed by atoms with Crippen molar-refractivity contribution in [3.63, 3.8) is 0 Å². The number of hydrogen-bond acceptors (Lipinski definition) is 4.